The molecule has 0 radical (unpaired) electrons. The lowest BCUT2D eigenvalue weighted by Crippen LogP contribution is -2.07. The Balaban J connectivity index is 2.93. The molecule has 8 heteroatoms. The van der Waals surface area contributed by atoms with E-state index < -0.39 is 16.8 Å². The summed E-state index contributed by atoms with van der Waals surface area (Å²) in [5, 5.41) is -0.641. The van der Waals surface area contributed by atoms with Crippen LogP contribution in [0.2, 0.25) is 15.5 Å². The molecular weight excluding hydrogens is 311 g/mol. The van der Waals surface area contributed by atoms with Crippen molar-refractivity contribution in [2.24, 2.45) is 0 Å². The molecule has 0 aliphatic rings. The van der Waals surface area contributed by atoms with Crippen LogP contribution in [-0.4, -0.2) is 9.97 Å². The molecule has 96 valence electrons. The molecule has 0 unspecified atom stereocenters. The Kier molecular flexibility index (Phi) is 3.34. The number of benzene rings is 1. The molecule has 0 atom stereocenters. The van der Waals surface area contributed by atoms with Crippen LogP contribution in [0.15, 0.2) is 6.07 Å². The third-order valence-corrected chi connectivity index (χ3v) is 3.33. The van der Waals surface area contributed by atoms with Gasteiger partial charge in [0.25, 0.3) is 0 Å². The summed E-state index contributed by atoms with van der Waals surface area (Å²) in [6, 6.07) is 0.823. The molecule has 1 aromatic carbocycles. The first-order valence-corrected chi connectivity index (χ1v) is 5.74. The topological polar surface area (TPSA) is 25.8 Å². The summed E-state index contributed by atoms with van der Waals surface area (Å²) in [5.41, 5.74) is -0.604. The van der Waals surface area contributed by atoms with Gasteiger partial charge >= 0.3 is 6.18 Å². The average Bonchev–Trinajstić information content (AvgIpc) is 2.22. The molecule has 2 nitrogen and oxygen atoms in total. The van der Waals surface area contributed by atoms with Gasteiger partial charge in [0.05, 0.1) is 16.1 Å². The lowest BCUT2D eigenvalue weighted by atomic mass is 10.1. The minimum Gasteiger partial charge on any atom is -0.217 e. The zero-order chi connectivity index (χ0) is 13.7. The van der Waals surface area contributed by atoms with Crippen LogP contribution in [0.1, 0.15) is 11.1 Å². The molecule has 0 fully saturated rings. The van der Waals surface area contributed by atoms with Gasteiger partial charge in [-0.1, -0.05) is 23.2 Å². The predicted molar refractivity (Wildman–Crippen MR) is 64.3 cm³/mol. The van der Waals surface area contributed by atoms with Crippen LogP contribution in [0.4, 0.5) is 13.2 Å². The van der Waals surface area contributed by atoms with Gasteiger partial charge in [-0.3, -0.25) is 0 Å². The fourth-order valence-electron chi connectivity index (χ4n) is 1.55. The Labute approximate surface area is 115 Å². The Morgan fingerprint density at radius 3 is 2.28 bits per heavy atom. The zero-order valence-electron chi connectivity index (χ0n) is 8.74. The van der Waals surface area contributed by atoms with E-state index in [1.165, 1.54) is 6.92 Å². The number of fused-ring (bicyclic) bond motifs is 1. The summed E-state index contributed by atoms with van der Waals surface area (Å²) in [4.78, 5) is 7.44. The second-order valence-electron chi connectivity index (χ2n) is 3.54. The second kappa shape index (κ2) is 4.40. The van der Waals surface area contributed by atoms with E-state index in [2.05, 4.69) is 9.97 Å². The molecule has 2 aromatic rings. The number of hydrogen-bond acceptors (Lipinski definition) is 2. The summed E-state index contributed by atoms with van der Waals surface area (Å²) in [6.07, 6.45) is -4.57. The smallest absolute Gasteiger partial charge is 0.217 e. The van der Waals surface area contributed by atoms with Crippen LogP contribution >= 0.6 is 34.8 Å². The van der Waals surface area contributed by atoms with Crippen molar-refractivity contribution in [2.75, 3.05) is 0 Å². The molecule has 0 spiro atoms. The van der Waals surface area contributed by atoms with Crippen LogP contribution < -0.4 is 0 Å². The van der Waals surface area contributed by atoms with Crippen LogP contribution in [0, 0.1) is 6.92 Å². The lowest BCUT2D eigenvalue weighted by molar-refractivity contribution is -0.137. The van der Waals surface area contributed by atoms with Gasteiger partial charge in [-0.05, 0) is 30.2 Å². The van der Waals surface area contributed by atoms with Crippen LogP contribution in [-0.2, 0) is 6.18 Å². The number of aryl methyl sites for hydroxylation is 1. The fourth-order valence-corrected chi connectivity index (χ4v) is 2.24. The normalized spacial score (nSPS) is 12.2. The Morgan fingerprint density at radius 1 is 1.11 bits per heavy atom. The van der Waals surface area contributed by atoms with Gasteiger partial charge in [-0.25, -0.2) is 9.97 Å². The Hall–Kier alpha value is -0.780. The van der Waals surface area contributed by atoms with E-state index >= 15 is 0 Å². The molecule has 1 heterocycles. The predicted octanol–water partition coefficient (Wildman–Crippen LogP) is 4.92. The Morgan fingerprint density at radius 2 is 1.72 bits per heavy atom. The van der Waals surface area contributed by atoms with E-state index in [1.54, 1.807) is 0 Å². The van der Waals surface area contributed by atoms with E-state index in [0.29, 0.717) is 0 Å². The number of halogens is 6. The fraction of sp³-hybridized carbons (Fsp3) is 0.200. The molecule has 0 amide bonds. The van der Waals surface area contributed by atoms with Crippen molar-refractivity contribution in [3.63, 3.8) is 0 Å². The highest BCUT2D eigenvalue weighted by molar-refractivity contribution is 6.37. The summed E-state index contributed by atoms with van der Waals surface area (Å²) in [7, 11) is 0. The zero-order valence-corrected chi connectivity index (χ0v) is 11.0. The Bertz CT molecular complexity index is 641. The summed E-state index contributed by atoms with van der Waals surface area (Å²) >= 11 is 17.1. The maximum absolute atomic E-state index is 12.8. The van der Waals surface area contributed by atoms with Gasteiger partial charge < -0.3 is 0 Å². The molecule has 0 saturated heterocycles. The van der Waals surface area contributed by atoms with Crippen molar-refractivity contribution in [3.8, 4) is 0 Å². The number of alkyl halides is 3. The highest BCUT2D eigenvalue weighted by atomic mass is 35.5. The third-order valence-electron chi connectivity index (χ3n) is 2.39. The minimum atomic E-state index is -4.57. The SMILES string of the molecule is Cc1c(Cl)c(C(F)(F)F)cc2c(Cl)nc(Cl)nc12. The molecule has 0 aliphatic heterocycles. The highest BCUT2D eigenvalue weighted by Gasteiger charge is 2.35. The van der Waals surface area contributed by atoms with Crippen molar-refractivity contribution in [2.45, 2.75) is 13.1 Å². The molecule has 0 saturated carbocycles. The number of nitrogens with zero attached hydrogens (tertiary/aromatic N) is 2. The molecule has 0 aliphatic carbocycles. The average molecular weight is 316 g/mol. The van der Waals surface area contributed by atoms with E-state index in [4.69, 9.17) is 34.8 Å². The van der Waals surface area contributed by atoms with E-state index in [-0.39, 0.29) is 26.9 Å². The summed E-state index contributed by atoms with van der Waals surface area (Å²) in [5.74, 6) is 0. The first-order chi connectivity index (χ1) is 8.21. The van der Waals surface area contributed by atoms with Gasteiger partial charge in [0.15, 0.2) is 0 Å². The number of hydrogen-bond donors (Lipinski definition) is 0. The summed E-state index contributed by atoms with van der Waals surface area (Å²) < 4.78 is 38.3. The standard InChI is InChI=1S/C10H4Cl3F3N2/c1-3-6(11)5(10(14,15)16)2-4-7(3)17-9(13)18-8(4)12/h2H,1H3. The van der Waals surface area contributed by atoms with Crippen molar-refractivity contribution in [1.29, 1.82) is 0 Å². The van der Waals surface area contributed by atoms with Gasteiger partial charge in [-0.2, -0.15) is 13.2 Å². The number of aromatic nitrogens is 2. The van der Waals surface area contributed by atoms with Gasteiger partial charge in [0, 0.05) is 5.39 Å². The van der Waals surface area contributed by atoms with Crippen LogP contribution in [0.25, 0.3) is 10.9 Å². The first kappa shape index (κ1) is 13.6. The van der Waals surface area contributed by atoms with Crippen molar-refractivity contribution < 1.29 is 13.2 Å². The minimum absolute atomic E-state index is 0.0651. The van der Waals surface area contributed by atoms with Crippen LogP contribution in [0.5, 0.6) is 0 Å². The van der Waals surface area contributed by atoms with E-state index in [0.717, 1.165) is 6.07 Å². The molecular formula is C10H4Cl3F3N2. The van der Waals surface area contributed by atoms with Gasteiger partial charge in [0.2, 0.25) is 5.28 Å². The maximum atomic E-state index is 12.8. The first-order valence-electron chi connectivity index (χ1n) is 4.61. The molecule has 0 N–H and O–H groups in total. The van der Waals surface area contributed by atoms with E-state index in [1.807, 2.05) is 0 Å². The molecule has 1 aromatic heterocycles. The van der Waals surface area contributed by atoms with Crippen molar-refractivity contribution in [1.82, 2.24) is 9.97 Å². The molecule has 0 bridgehead atoms. The highest BCUT2D eigenvalue weighted by Crippen LogP contribution is 2.40. The van der Waals surface area contributed by atoms with Gasteiger partial charge in [-0.15, -0.1) is 0 Å². The van der Waals surface area contributed by atoms with Gasteiger partial charge in [0.1, 0.15) is 5.15 Å². The van der Waals surface area contributed by atoms with Crippen molar-refractivity contribution in [3.05, 3.63) is 32.7 Å². The molecule has 2 rings (SSSR count). The number of rotatable bonds is 0. The second-order valence-corrected chi connectivity index (χ2v) is 4.61. The third kappa shape index (κ3) is 2.22. The van der Waals surface area contributed by atoms with E-state index in [9.17, 15) is 13.2 Å². The monoisotopic (exact) mass is 314 g/mol. The van der Waals surface area contributed by atoms with Crippen molar-refractivity contribution >= 4 is 45.7 Å². The quantitative estimate of drug-likeness (QED) is 0.509. The largest absolute Gasteiger partial charge is 0.417 e. The maximum Gasteiger partial charge on any atom is 0.417 e. The summed E-state index contributed by atoms with van der Waals surface area (Å²) in [6.45, 7) is 1.42. The molecule has 18 heavy (non-hydrogen) atoms. The lowest BCUT2D eigenvalue weighted by Gasteiger charge is -2.13. The van der Waals surface area contributed by atoms with Crippen LogP contribution in [0.3, 0.4) is 0 Å².